The fraction of sp³-hybridized carbons (Fsp3) is 0.200. The molecule has 1 aliphatic heterocycles. The topological polar surface area (TPSA) is 38.8 Å². The van der Waals surface area contributed by atoms with E-state index in [0.29, 0.717) is 29.0 Å². The van der Waals surface area contributed by atoms with Gasteiger partial charge < -0.3 is 9.47 Å². The molecule has 2 aromatic rings. The zero-order valence-electron chi connectivity index (χ0n) is 14.7. The number of thiocarbonyl (C=S) groups is 1. The van der Waals surface area contributed by atoms with Crippen LogP contribution in [0.4, 0.5) is 0 Å². The molecule has 0 radical (unpaired) electrons. The Kier molecular flexibility index (Phi) is 7.07. The van der Waals surface area contributed by atoms with Gasteiger partial charge in [-0.15, -0.1) is 0 Å². The summed E-state index contributed by atoms with van der Waals surface area (Å²) in [6.07, 6.45) is 1.84. The monoisotopic (exact) mass is 463 g/mol. The highest BCUT2D eigenvalue weighted by atomic mass is 79.9. The lowest BCUT2D eigenvalue weighted by Crippen LogP contribution is -2.31. The molecular weight excluding hydrogens is 446 g/mol. The molecule has 0 spiro atoms. The molecule has 0 saturated carbocycles. The van der Waals surface area contributed by atoms with Crippen molar-refractivity contribution in [3.63, 3.8) is 0 Å². The summed E-state index contributed by atoms with van der Waals surface area (Å²) >= 11 is 10.1. The summed E-state index contributed by atoms with van der Waals surface area (Å²) in [4.78, 5) is 14.8. The predicted octanol–water partition coefficient (Wildman–Crippen LogP) is 4.88. The highest BCUT2D eigenvalue weighted by molar-refractivity contribution is 9.10. The first-order chi connectivity index (χ1) is 13.1. The van der Waals surface area contributed by atoms with Crippen LogP contribution in [0.25, 0.3) is 6.08 Å². The largest absolute Gasteiger partial charge is 0.488 e. The van der Waals surface area contributed by atoms with E-state index < -0.39 is 0 Å². The third-order valence-corrected chi connectivity index (χ3v) is 5.81. The Morgan fingerprint density at radius 2 is 1.93 bits per heavy atom. The highest BCUT2D eigenvalue weighted by Crippen LogP contribution is 2.34. The van der Waals surface area contributed by atoms with Gasteiger partial charge in [-0.3, -0.25) is 9.69 Å². The third-order valence-electron chi connectivity index (χ3n) is 3.91. The first-order valence-electron chi connectivity index (χ1n) is 8.29. The molecule has 1 heterocycles. The van der Waals surface area contributed by atoms with E-state index in [1.54, 1.807) is 12.0 Å². The smallest absolute Gasteiger partial charge is 0.266 e. The zero-order chi connectivity index (χ0) is 19.2. The van der Waals surface area contributed by atoms with E-state index in [2.05, 4.69) is 15.9 Å². The molecule has 140 valence electrons. The van der Waals surface area contributed by atoms with Crippen LogP contribution in [0, 0.1) is 0 Å². The first-order valence-corrected chi connectivity index (χ1v) is 10.3. The molecule has 7 heteroatoms. The second-order valence-electron chi connectivity index (χ2n) is 5.78. The molecule has 0 aromatic heterocycles. The van der Waals surface area contributed by atoms with E-state index >= 15 is 0 Å². The van der Waals surface area contributed by atoms with Crippen molar-refractivity contribution in [2.45, 2.75) is 6.61 Å². The lowest BCUT2D eigenvalue weighted by Gasteiger charge is -2.13. The summed E-state index contributed by atoms with van der Waals surface area (Å²) in [7, 11) is 1.60. The molecule has 1 amide bonds. The predicted molar refractivity (Wildman–Crippen MR) is 117 cm³/mol. The Labute approximate surface area is 176 Å². The number of rotatable bonds is 7. The lowest BCUT2D eigenvalue weighted by atomic mass is 10.1. The summed E-state index contributed by atoms with van der Waals surface area (Å²) in [5.74, 6) is 0.632. The molecule has 0 atom stereocenters. The van der Waals surface area contributed by atoms with Crippen LogP contribution in [0.15, 0.2) is 57.9 Å². The van der Waals surface area contributed by atoms with Crippen LogP contribution in [-0.4, -0.2) is 35.4 Å². The van der Waals surface area contributed by atoms with Gasteiger partial charge in [0.15, 0.2) is 0 Å². The molecule has 0 unspecified atom stereocenters. The first kappa shape index (κ1) is 20.1. The maximum atomic E-state index is 12.6. The number of amides is 1. The molecule has 1 saturated heterocycles. The number of halogens is 1. The van der Waals surface area contributed by atoms with Gasteiger partial charge in [0.05, 0.1) is 18.1 Å². The van der Waals surface area contributed by atoms with Gasteiger partial charge in [0.2, 0.25) is 0 Å². The molecule has 27 heavy (non-hydrogen) atoms. The van der Waals surface area contributed by atoms with Crippen molar-refractivity contribution in [3.8, 4) is 5.75 Å². The molecule has 3 rings (SSSR count). The quantitative estimate of drug-likeness (QED) is 0.432. The Morgan fingerprint density at radius 1 is 1.19 bits per heavy atom. The number of benzene rings is 2. The van der Waals surface area contributed by atoms with E-state index in [9.17, 15) is 4.79 Å². The highest BCUT2D eigenvalue weighted by Gasteiger charge is 2.31. The summed E-state index contributed by atoms with van der Waals surface area (Å²) < 4.78 is 12.6. The van der Waals surface area contributed by atoms with Crippen molar-refractivity contribution in [1.29, 1.82) is 0 Å². The number of hydrogen-bond acceptors (Lipinski definition) is 5. The Morgan fingerprint density at radius 3 is 2.67 bits per heavy atom. The van der Waals surface area contributed by atoms with Gasteiger partial charge in [-0.25, -0.2) is 0 Å². The van der Waals surface area contributed by atoms with Crippen molar-refractivity contribution in [3.05, 3.63) is 69.0 Å². The van der Waals surface area contributed by atoms with Crippen molar-refractivity contribution in [2.75, 3.05) is 20.3 Å². The molecule has 4 nitrogen and oxygen atoms in total. The van der Waals surface area contributed by atoms with Crippen molar-refractivity contribution < 1.29 is 14.3 Å². The van der Waals surface area contributed by atoms with Crippen LogP contribution in [0.1, 0.15) is 11.1 Å². The van der Waals surface area contributed by atoms with Crippen molar-refractivity contribution >= 4 is 56.2 Å². The summed E-state index contributed by atoms with van der Waals surface area (Å²) in [5, 5.41) is 0. The molecule has 0 N–H and O–H groups in total. The number of carbonyl (C=O) groups is 1. The van der Waals surface area contributed by atoms with Gasteiger partial charge in [0, 0.05) is 17.1 Å². The average molecular weight is 464 g/mol. The molecule has 1 fully saturated rings. The van der Waals surface area contributed by atoms with E-state index in [-0.39, 0.29) is 5.91 Å². The van der Waals surface area contributed by atoms with Crippen LogP contribution < -0.4 is 4.74 Å². The summed E-state index contributed by atoms with van der Waals surface area (Å²) in [6, 6.07) is 15.6. The van der Waals surface area contributed by atoms with Gasteiger partial charge in [-0.2, -0.15) is 0 Å². The van der Waals surface area contributed by atoms with Crippen molar-refractivity contribution in [1.82, 2.24) is 4.90 Å². The van der Waals surface area contributed by atoms with Gasteiger partial charge in [-0.1, -0.05) is 70.2 Å². The standard InChI is InChI=1S/C20H18BrNO3S2/c1-24-11-10-22-19(23)18(27-20(22)26)12-15-4-2-3-5-17(15)25-13-14-6-8-16(21)9-7-14/h2-9,12H,10-11,13H2,1H3/b18-12-. The van der Waals surface area contributed by atoms with Gasteiger partial charge in [0.1, 0.15) is 16.7 Å². The Bertz CT molecular complexity index is 868. The SMILES string of the molecule is COCCN1C(=O)/C(=C/c2ccccc2OCc2ccc(Br)cc2)SC1=S. The normalized spacial score (nSPS) is 15.6. The summed E-state index contributed by atoms with van der Waals surface area (Å²) in [5.41, 5.74) is 1.92. The molecule has 1 aliphatic rings. The average Bonchev–Trinajstić information content (AvgIpc) is 2.93. The van der Waals surface area contributed by atoms with E-state index in [1.165, 1.54) is 11.8 Å². The third kappa shape index (κ3) is 5.19. The maximum absolute atomic E-state index is 12.6. The number of carbonyl (C=O) groups excluding carboxylic acids is 1. The van der Waals surface area contributed by atoms with E-state index in [0.717, 1.165) is 21.3 Å². The fourth-order valence-electron chi connectivity index (χ4n) is 2.49. The van der Waals surface area contributed by atoms with Crippen LogP contribution >= 0.6 is 39.9 Å². The van der Waals surface area contributed by atoms with Crippen molar-refractivity contribution in [2.24, 2.45) is 0 Å². The van der Waals surface area contributed by atoms with Gasteiger partial charge >= 0.3 is 0 Å². The molecule has 0 bridgehead atoms. The second kappa shape index (κ2) is 9.50. The number of hydrogen-bond donors (Lipinski definition) is 0. The minimum Gasteiger partial charge on any atom is -0.488 e. The van der Waals surface area contributed by atoms with E-state index in [1.807, 2.05) is 54.6 Å². The summed E-state index contributed by atoms with van der Waals surface area (Å²) in [6.45, 7) is 1.36. The van der Waals surface area contributed by atoms with E-state index in [4.69, 9.17) is 21.7 Å². The molecule has 2 aromatic carbocycles. The zero-order valence-corrected chi connectivity index (χ0v) is 17.9. The van der Waals surface area contributed by atoms with Gasteiger partial charge in [0.25, 0.3) is 5.91 Å². The van der Waals surface area contributed by atoms with Crippen LogP contribution in [0.3, 0.4) is 0 Å². The number of methoxy groups -OCH3 is 1. The van der Waals surface area contributed by atoms with Gasteiger partial charge in [-0.05, 0) is 29.8 Å². The lowest BCUT2D eigenvalue weighted by molar-refractivity contribution is -0.122. The maximum Gasteiger partial charge on any atom is 0.266 e. The Balaban J connectivity index is 1.75. The fourth-order valence-corrected chi connectivity index (χ4v) is 4.05. The van der Waals surface area contributed by atoms with Crippen LogP contribution in [0.2, 0.25) is 0 Å². The number of para-hydroxylation sites is 1. The number of ether oxygens (including phenoxy) is 2. The second-order valence-corrected chi connectivity index (χ2v) is 8.37. The minimum absolute atomic E-state index is 0.0928. The van der Waals surface area contributed by atoms with Crippen LogP contribution in [0.5, 0.6) is 5.75 Å². The molecular formula is C20H18BrNO3S2. The number of thioether (sulfide) groups is 1. The minimum atomic E-state index is -0.0928. The number of nitrogens with zero attached hydrogens (tertiary/aromatic N) is 1. The van der Waals surface area contributed by atoms with Crippen LogP contribution in [-0.2, 0) is 16.1 Å². The Hall–Kier alpha value is -1.67. The molecule has 0 aliphatic carbocycles.